The number of methoxy groups -OCH3 is 1. The second kappa shape index (κ2) is 11.6. The molecule has 2 aromatic rings. The summed E-state index contributed by atoms with van der Waals surface area (Å²) in [6, 6.07) is 4.28. The van der Waals surface area contributed by atoms with E-state index in [1.807, 2.05) is 13.8 Å². The molecule has 0 amide bonds. The second-order valence-corrected chi connectivity index (χ2v) is 8.85. The number of rotatable bonds is 9. The van der Waals surface area contributed by atoms with Crippen LogP contribution in [0.3, 0.4) is 0 Å². The highest BCUT2D eigenvalue weighted by atomic mass is 19.1. The van der Waals surface area contributed by atoms with Crippen LogP contribution in [0.15, 0.2) is 18.2 Å². The molecule has 1 fully saturated rings. The van der Waals surface area contributed by atoms with Gasteiger partial charge in [0.25, 0.3) is 0 Å². The standard InChI is InChI=1S/C24H33FN2O10/c1-6-34-15-8-7-14(17(25)10-15)9-16-13(4)27(12(2)3)26-22(16)37-24(32)21(30)20(29)19(28)18(36-24)11-35-23(31)33-5/h7-8,10,12,18-21,28-30,32H,6,9,11H2,1-5H3/t18-,19-,20+,21-,24-/m1/s1. The zero-order valence-corrected chi connectivity index (χ0v) is 21.3. The van der Waals surface area contributed by atoms with E-state index in [-0.39, 0.29) is 23.9 Å². The first-order chi connectivity index (χ1) is 17.4. The summed E-state index contributed by atoms with van der Waals surface area (Å²) in [5, 5.41) is 46.5. The maximum atomic E-state index is 14.8. The number of nitrogens with zero attached hydrogens (tertiary/aromatic N) is 2. The Bertz CT molecular complexity index is 1090. The number of aromatic nitrogens is 2. The summed E-state index contributed by atoms with van der Waals surface area (Å²) in [5.41, 5.74) is 1.26. The lowest BCUT2D eigenvalue weighted by Gasteiger charge is -2.44. The lowest BCUT2D eigenvalue weighted by atomic mass is 9.97. The molecule has 0 aliphatic carbocycles. The van der Waals surface area contributed by atoms with E-state index in [2.05, 4.69) is 9.84 Å². The van der Waals surface area contributed by atoms with Crippen LogP contribution in [0, 0.1) is 12.7 Å². The molecule has 5 atom stereocenters. The summed E-state index contributed by atoms with van der Waals surface area (Å²) in [6.45, 7) is 6.97. The zero-order valence-electron chi connectivity index (χ0n) is 21.3. The van der Waals surface area contributed by atoms with Gasteiger partial charge in [0, 0.05) is 29.8 Å². The van der Waals surface area contributed by atoms with Gasteiger partial charge in [0.15, 0.2) is 6.10 Å². The van der Waals surface area contributed by atoms with E-state index in [0.29, 0.717) is 23.6 Å². The van der Waals surface area contributed by atoms with Gasteiger partial charge in [0.1, 0.15) is 36.5 Å². The molecule has 4 N–H and O–H groups in total. The summed E-state index contributed by atoms with van der Waals surface area (Å²) >= 11 is 0. The van der Waals surface area contributed by atoms with Gasteiger partial charge in [-0.05, 0) is 39.3 Å². The van der Waals surface area contributed by atoms with Gasteiger partial charge in [-0.25, -0.2) is 9.18 Å². The molecule has 1 aliphatic rings. The predicted octanol–water partition coefficient (Wildman–Crippen LogP) is 1.19. The average Bonchev–Trinajstić information content (AvgIpc) is 3.15. The molecule has 0 unspecified atom stereocenters. The first-order valence-corrected chi connectivity index (χ1v) is 11.7. The SMILES string of the molecule is CCOc1ccc(Cc2c(O[C@]3(O)O[C@H](COC(=O)OC)[C@@H](O)[C@H](O)[C@H]3O)nn(C(C)C)c2C)c(F)c1. The van der Waals surface area contributed by atoms with E-state index < -0.39 is 49.0 Å². The van der Waals surface area contributed by atoms with Crippen LogP contribution in [0.1, 0.15) is 43.6 Å². The smallest absolute Gasteiger partial charge is 0.494 e. The molecule has 206 valence electrons. The number of aliphatic hydroxyl groups excluding tert-OH is 3. The molecule has 1 aromatic carbocycles. The Morgan fingerprint density at radius 3 is 2.57 bits per heavy atom. The third-order valence-electron chi connectivity index (χ3n) is 5.95. The van der Waals surface area contributed by atoms with Crippen molar-refractivity contribution >= 4 is 6.16 Å². The fourth-order valence-electron chi connectivity index (χ4n) is 3.98. The predicted molar refractivity (Wildman–Crippen MR) is 125 cm³/mol. The minimum absolute atomic E-state index is 0.00163. The quantitative estimate of drug-likeness (QED) is 0.273. The Balaban J connectivity index is 1.94. The number of hydrogen-bond donors (Lipinski definition) is 4. The average molecular weight is 529 g/mol. The summed E-state index contributed by atoms with van der Waals surface area (Å²) < 4.78 is 41.8. The highest BCUT2D eigenvalue weighted by Gasteiger charge is 2.56. The van der Waals surface area contributed by atoms with Gasteiger partial charge in [-0.15, -0.1) is 5.10 Å². The van der Waals surface area contributed by atoms with Crippen LogP contribution in [0.5, 0.6) is 11.6 Å². The molecule has 12 nitrogen and oxygen atoms in total. The van der Waals surface area contributed by atoms with Crippen LogP contribution < -0.4 is 9.47 Å². The van der Waals surface area contributed by atoms with E-state index >= 15 is 0 Å². The van der Waals surface area contributed by atoms with Crippen LogP contribution in [-0.4, -0.2) is 87.1 Å². The number of carbonyl (C=O) groups excluding carboxylic acids is 1. The van der Waals surface area contributed by atoms with E-state index in [9.17, 15) is 29.6 Å². The molecule has 1 aromatic heterocycles. The lowest BCUT2D eigenvalue weighted by Crippen LogP contribution is -2.67. The summed E-state index contributed by atoms with van der Waals surface area (Å²) in [5.74, 6) is -3.26. The van der Waals surface area contributed by atoms with Crippen molar-refractivity contribution in [1.82, 2.24) is 9.78 Å². The maximum Gasteiger partial charge on any atom is 0.508 e. The Morgan fingerprint density at radius 2 is 1.97 bits per heavy atom. The molecule has 0 spiro atoms. The Labute approximate surface area is 213 Å². The monoisotopic (exact) mass is 528 g/mol. The van der Waals surface area contributed by atoms with Crippen LogP contribution in [0.2, 0.25) is 0 Å². The van der Waals surface area contributed by atoms with E-state index in [0.717, 1.165) is 7.11 Å². The molecule has 1 saturated heterocycles. The minimum Gasteiger partial charge on any atom is -0.494 e. The largest absolute Gasteiger partial charge is 0.508 e. The van der Waals surface area contributed by atoms with E-state index in [4.69, 9.17) is 18.9 Å². The van der Waals surface area contributed by atoms with Crippen molar-refractivity contribution in [3.05, 3.63) is 40.8 Å². The molecule has 0 radical (unpaired) electrons. The molecule has 0 bridgehead atoms. The van der Waals surface area contributed by atoms with E-state index in [1.165, 1.54) is 6.07 Å². The zero-order chi connectivity index (χ0) is 27.5. The number of halogens is 1. The van der Waals surface area contributed by atoms with Gasteiger partial charge in [0.2, 0.25) is 5.88 Å². The Morgan fingerprint density at radius 1 is 1.27 bits per heavy atom. The van der Waals surface area contributed by atoms with Crippen molar-refractivity contribution in [2.75, 3.05) is 20.3 Å². The van der Waals surface area contributed by atoms with Crippen LogP contribution in [-0.2, 0) is 20.6 Å². The number of ether oxygens (including phenoxy) is 5. The number of benzene rings is 1. The molecule has 3 rings (SSSR count). The lowest BCUT2D eigenvalue weighted by molar-refractivity contribution is -0.423. The van der Waals surface area contributed by atoms with Crippen LogP contribution in [0.4, 0.5) is 9.18 Å². The molecule has 13 heteroatoms. The number of carbonyl (C=O) groups is 1. The fourth-order valence-corrected chi connectivity index (χ4v) is 3.98. The summed E-state index contributed by atoms with van der Waals surface area (Å²) in [6.07, 6.45) is -8.41. The third-order valence-corrected chi connectivity index (χ3v) is 5.95. The van der Waals surface area contributed by atoms with Crippen LogP contribution in [0.25, 0.3) is 0 Å². The van der Waals surface area contributed by atoms with Crippen LogP contribution >= 0.6 is 0 Å². The second-order valence-electron chi connectivity index (χ2n) is 8.85. The Hall–Kier alpha value is -2.97. The van der Waals surface area contributed by atoms with Gasteiger partial charge in [-0.1, -0.05) is 6.07 Å². The number of aliphatic hydroxyl groups is 4. The molecule has 1 aliphatic heterocycles. The third kappa shape index (κ3) is 6.13. The van der Waals surface area contributed by atoms with Gasteiger partial charge >= 0.3 is 12.1 Å². The van der Waals surface area contributed by atoms with Gasteiger partial charge < -0.3 is 44.1 Å². The number of hydrogen-bond acceptors (Lipinski definition) is 11. The normalized spacial score (nSPS) is 25.7. The first kappa shape index (κ1) is 28.6. The summed E-state index contributed by atoms with van der Waals surface area (Å²) in [4.78, 5) is 11.3. The van der Waals surface area contributed by atoms with Crippen molar-refractivity contribution in [2.24, 2.45) is 0 Å². The molecule has 37 heavy (non-hydrogen) atoms. The van der Waals surface area contributed by atoms with Gasteiger partial charge in [-0.2, -0.15) is 0 Å². The van der Waals surface area contributed by atoms with Crippen molar-refractivity contribution in [2.45, 2.75) is 70.5 Å². The fraction of sp³-hybridized carbons (Fsp3) is 0.583. The van der Waals surface area contributed by atoms with Crippen molar-refractivity contribution in [1.29, 1.82) is 0 Å². The molecule has 0 saturated carbocycles. The van der Waals surface area contributed by atoms with Crippen molar-refractivity contribution in [3.8, 4) is 11.6 Å². The first-order valence-electron chi connectivity index (χ1n) is 11.7. The van der Waals surface area contributed by atoms with E-state index in [1.54, 1.807) is 30.7 Å². The highest BCUT2D eigenvalue weighted by Crippen LogP contribution is 2.35. The van der Waals surface area contributed by atoms with Gasteiger partial charge in [-0.3, -0.25) is 4.68 Å². The minimum atomic E-state index is -2.91. The highest BCUT2D eigenvalue weighted by molar-refractivity contribution is 5.59. The molecular formula is C24H33FN2O10. The molecular weight excluding hydrogens is 495 g/mol. The van der Waals surface area contributed by atoms with Crippen molar-refractivity contribution in [3.63, 3.8) is 0 Å². The topological polar surface area (TPSA) is 162 Å². The Kier molecular flexibility index (Phi) is 8.97. The van der Waals surface area contributed by atoms with Gasteiger partial charge in [0.05, 0.1) is 13.7 Å². The molecule has 2 heterocycles. The maximum absolute atomic E-state index is 14.8. The summed E-state index contributed by atoms with van der Waals surface area (Å²) in [7, 11) is 1.07. The van der Waals surface area contributed by atoms with Crippen molar-refractivity contribution < 1.29 is 53.3 Å².